The molecular weight excluding hydrogens is 325 g/mol. The molecule has 0 fully saturated rings. The van der Waals surface area contributed by atoms with Gasteiger partial charge in [0.05, 0.1) is 11.8 Å². The summed E-state index contributed by atoms with van der Waals surface area (Å²) in [4.78, 5) is 8.32. The van der Waals surface area contributed by atoms with E-state index in [0.29, 0.717) is 23.1 Å². The zero-order valence-electron chi connectivity index (χ0n) is 10.6. The van der Waals surface area contributed by atoms with Crippen molar-refractivity contribution < 1.29 is 4.39 Å². The average Bonchev–Trinajstić information content (AvgIpc) is 2.40. The van der Waals surface area contributed by atoms with Crippen LogP contribution in [0.4, 0.5) is 21.7 Å². The predicted octanol–water partition coefficient (Wildman–Crippen LogP) is 3.37. The molecule has 0 aliphatic rings. The third-order valence-electron chi connectivity index (χ3n) is 2.38. The molecule has 5 nitrogen and oxygen atoms in total. The minimum absolute atomic E-state index is 0.140. The maximum absolute atomic E-state index is 13.7. The van der Waals surface area contributed by atoms with E-state index in [9.17, 15) is 4.39 Å². The number of aryl methyl sites for hydroxylation is 1. The molecule has 0 aliphatic heterocycles. The van der Waals surface area contributed by atoms with Crippen LogP contribution in [0, 0.1) is 24.1 Å². The van der Waals surface area contributed by atoms with Gasteiger partial charge in [-0.25, -0.2) is 14.4 Å². The van der Waals surface area contributed by atoms with Crippen molar-refractivity contribution in [3.63, 3.8) is 0 Å². The van der Waals surface area contributed by atoms with E-state index in [1.54, 1.807) is 25.1 Å². The van der Waals surface area contributed by atoms with Gasteiger partial charge in [0.25, 0.3) is 0 Å². The summed E-state index contributed by atoms with van der Waals surface area (Å²) < 4.78 is 14.4. The van der Waals surface area contributed by atoms with Crippen LogP contribution in [0.3, 0.4) is 0 Å². The number of nitrogens with one attached hydrogen (secondary N) is 2. The van der Waals surface area contributed by atoms with Gasteiger partial charge in [-0.2, -0.15) is 5.26 Å². The van der Waals surface area contributed by atoms with Crippen molar-refractivity contribution in [3.8, 4) is 6.07 Å². The first-order chi connectivity index (χ1) is 9.58. The highest BCUT2D eigenvalue weighted by Crippen LogP contribution is 2.23. The molecule has 0 radical (unpaired) electrons. The maximum Gasteiger partial charge on any atom is 0.146 e. The van der Waals surface area contributed by atoms with E-state index in [-0.39, 0.29) is 12.4 Å². The largest absolute Gasteiger partial charge is 0.357 e. The molecule has 7 heteroatoms. The first-order valence-electron chi connectivity index (χ1n) is 5.77. The molecule has 1 heterocycles. The van der Waals surface area contributed by atoms with Gasteiger partial charge in [-0.1, -0.05) is 15.9 Å². The van der Waals surface area contributed by atoms with Crippen LogP contribution in [-0.4, -0.2) is 16.5 Å². The van der Waals surface area contributed by atoms with Gasteiger partial charge < -0.3 is 10.6 Å². The van der Waals surface area contributed by atoms with Gasteiger partial charge in [0, 0.05) is 10.5 Å². The van der Waals surface area contributed by atoms with Crippen molar-refractivity contribution in [3.05, 3.63) is 40.4 Å². The van der Waals surface area contributed by atoms with Crippen LogP contribution in [0.1, 0.15) is 5.82 Å². The first kappa shape index (κ1) is 14.2. The fourth-order valence-corrected chi connectivity index (χ4v) is 1.94. The Labute approximate surface area is 124 Å². The third kappa shape index (κ3) is 3.65. The van der Waals surface area contributed by atoms with Crippen LogP contribution in [-0.2, 0) is 0 Å². The zero-order chi connectivity index (χ0) is 14.5. The van der Waals surface area contributed by atoms with Gasteiger partial charge in [-0.15, -0.1) is 0 Å². The van der Waals surface area contributed by atoms with E-state index >= 15 is 0 Å². The highest BCUT2D eigenvalue weighted by Gasteiger charge is 2.06. The fourth-order valence-electron chi connectivity index (χ4n) is 1.58. The molecule has 0 saturated carbocycles. The molecule has 1 aromatic carbocycles. The lowest BCUT2D eigenvalue weighted by Crippen LogP contribution is -2.05. The van der Waals surface area contributed by atoms with Crippen molar-refractivity contribution in [1.82, 2.24) is 9.97 Å². The third-order valence-corrected chi connectivity index (χ3v) is 2.87. The Bertz CT molecular complexity index is 668. The van der Waals surface area contributed by atoms with E-state index < -0.39 is 0 Å². The molecule has 2 N–H and O–H groups in total. The van der Waals surface area contributed by atoms with Crippen LogP contribution in [0.25, 0.3) is 0 Å². The van der Waals surface area contributed by atoms with Crippen molar-refractivity contribution >= 4 is 33.3 Å². The summed E-state index contributed by atoms with van der Waals surface area (Å²) in [6.45, 7) is 1.86. The normalized spacial score (nSPS) is 9.90. The summed E-state index contributed by atoms with van der Waals surface area (Å²) in [5.74, 6) is 1.11. The summed E-state index contributed by atoms with van der Waals surface area (Å²) >= 11 is 3.28. The molecule has 0 spiro atoms. The van der Waals surface area contributed by atoms with Gasteiger partial charge in [-0.3, -0.25) is 0 Å². The number of hydrogen-bond donors (Lipinski definition) is 2. The molecule has 0 unspecified atom stereocenters. The van der Waals surface area contributed by atoms with Gasteiger partial charge in [0.2, 0.25) is 0 Å². The Morgan fingerprint density at radius 2 is 2.05 bits per heavy atom. The zero-order valence-corrected chi connectivity index (χ0v) is 12.2. The van der Waals surface area contributed by atoms with Gasteiger partial charge in [0.15, 0.2) is 0 Å². The van der Waals surface area contributed by atoms with Gasteiger partial charge in [-0.05, 0) is 25.1 Å². The number of halogens is 2. The molecule has 0 amide bonds. The molecule has 2 aromatic rings. The van der Waals surface area contributed by atoms with Crippen molar-refractivity contribution in [2.75, 3.05) is 17.2 Å². The molecule has 0 atom stereocenters. The van der Waals surface area contributed by atoms with E-state index in [2.05, 4.69) is 36.5 Å². The Morgan fingerprint density at radius 1 is 1.30 bits per heavy atom. The van der Waals surface area contributed by atoms with Crippen LogP contribution >= 0.6 is 15.9 Å². The van der Waals surface area contributed by atoms with Gasteiger partial charge in [0.1, 0.15) is 29.8 Å². The molecule has 102 valence electrons. The smallest absolute Gasteiger partial charge is 0.146 e. The summed E-state index contributed by atoms with van der Waals surface area (Å²) in [6, 6.07) is 8.17. The second kappa shape index (κ2) is 6.30. The number of nitriles is 1. The van der Waals surface area contributed by atoms with Crippen molar-refractivity contribution in [2.45, 2.75) is 6.92 Å². The highest BCUT2D eigenvalue weighted by molar-refractivity contribution is 9.10. The summed E-state index contributed by atoms with van der Waals surface area (Å²) in [6.07, 6.45) is 0. The van der Waals surface area contributed by atoms with Crippen LogP contribution < -0.4 is 10.6 Å². The second-order valence-electron chi connectivity index (χ2n) is 3.95. The van der Waals surface area contributed by atoms with Crippen LogP contribution in [0.5, 0.6) is 0 Å². The standard InChI is InChI=1S/C13H11BrFN5/c1-8-18-12(17-5-4-16)7-13(19-8)20-11-6-9(14)2-3-10(11)15/h2-3,6-7H,5H2,1H3,(H2,17,18,19,20). The van der Waals surface area contributed by atoms with Crippen LogP contribution in [0.15, 0.2) is 28.7 Å². The van der Waals surface area contributed by atoms with Gasteiger partial charge >= 0.3 is 0 Å². The first-order valence-corrected chi connectivity index (χ1v) is 6.56. The minimum Gasteiger partial charge on any atom is -0.357 e. The van der Waals surface area contributed by atoms with Crippen molar-refractivity contribution in [2.24, 2.45) is 0 Å². The Kier molecular flexibility index (Phi) is 4.48. The molecular formula is C13H11BrFN5. The molecule has 1 aromatic heterocycles. The highest BCUT2D eigenvalue weighted by atomic mass is 79.9. The molecule has 0 saturated heterocycles. The summed E-state index contributed by atoms with van der Waals surface area (Å²) in [5.41, 5.74) is 0.309. The van der Waals surface area contributed by atoms with E-state index in [0.717, 1.165) is 4.47 Å². The molecule has 0 aliphatic carbocycles. The SMILES string of the molecule is Cc1nc(NCC#N)cc(Nc2cc(Br)ccc2F)n1. The van der Waals surface area contributed by atoms with Crippen molar-refractivity contribution in [1.29, 1.82) is 5.26 Å². The second-order valence-corrected chi connectivity index (χ2v) is 4.86. The summed E-state index contributed by atoms with van der Waals surface area (Å²) in [7, 11) is 0. The number of benzene rings is 1. The number of anilines is 3. The monoisotopic (exact) mass is 335 g/mol. The lowest BCUT2D eigenvalue weighted by Gasteiger charge is -2.10. The quantitative estimate of drug-likeness (QED) is 0.838. The lowest BCUT2D eigenvalue weighted by molar-refractivity contribution is 0.631. The Balaban J connectivity index is 2.26. The van der Waals surface area contributed by atoms with E-state index in [1.165, 1.54) is 6.07 Å². The maximum atomic E-state index is 13.7. The average molecular weight is 336 g/mol. The minimum atomic E-state index is -0.379. The molecule has 0 bridgehead atoms. The lowest BCUT2D eigenvalue weighted by atomic mass is 10.3. The predicted molar refractivity (Wildman–Crippen MR) is 78.3 cm³/mol. The summed E-state index contributed by atoms with van der Waals surface area (Å²) in [5, 5.41) is 14.3. The van der Waals surface area contributed by atoms with Crippen LogP contribution in [0.2, 0.25) is 0 Å². The fraction of sp³-hybridized carbons (Fsp3) is 0.154. The number of aromatic nitrogens is 2. The van der Waals surface area contributed by atoms with E-state index in [4.69, 9.17) is 5.26 Å². The molecule has 2 rings (SSSR count). The number of nitrogens with zero attached hydrogens (tertiary/aromatic N) is 3. The number of rotatable bonds is 4. The number of hydrogen-bond acceptors (Lipinski definition) is 5. The Morgan fingerprint density at radius 3 is 2.80 bits per heavy atom. The Hall–Kier alpha value is -2.20. The topological polar surface area (TPSA) is 73.6 Å². The molecule has 20 heavy (non-hydrogen) atoms. The van der Waals surface area contributed by atoms with E-state index in [1.807, 2.05) is 6.07 Å².